The lowest BCUT2D eigenvalue weighted by atomic mass is 9.96. The zero-order valence-corrected chi connectivity index (χ0v) is 13.3. The van der Waals surface area contributed by atoms with Crippen molar-refractivity contribution in [2.24, 2.45) is 0 Å². The van der Waals surface area contributed by atoms with Gasteiger partial charge >= 0.3 is 0 Å². The van der Waals surface area contributed by atoms with E-state index in [1.807, 2.05) is 6.07 Å². The highest BCUT2D eigenvalue weighted by Crippen LogP contribution is 2.24. The predicted molar refractivity (Wildman–Crippen MR) is 84.1 cm³/mol. The Balaban J connectivity index is 2.23. The zero-order valence-electron chi connectivity index (χ0n) is 13.3. The number of nitrogen functional groups attached to an aromatic ring is 1. The fourth-order valence-electron chi connectivity index (χ4n) is 2.62. The summed E-state index contributed by atoms with van der Waals surface area (Å²) in [6.45, 7) is 15.0. The number of anilines is 2. The molecule has 1 aliphatic rings. The molecule has 0 spiro atoms. The molecule has 0 aliphatic carbocycles. The second-order valence-electron chi connectivity index (χ2n) is 6.65. The zero-order chi connectivity index (χ0) is 14.9. The van der Waals surface area contributed by atoms with Crippen LogP contribution in [0.1, 0.15) is 40.4 Å². The van der Waals surface area contributed by atoms with E-state index in [-0.39, 0.29) is 5.41 Å². The molecule has 0 radical (unpaired) electrons. The number of hydrogen-bond donors (Lipinski definition) is 1. The van der Waals surface area contributed by atoms with Gasteiger partial charge < -0.3 is 10.6 Å². The van der Waals surface area contributed by atoms with Gasteiger partial charge in [0.2, 0.25) is 0 Å². The summed E-state index contributed by atoms with van der Waals surface area (Å²) in [5.41, 5.74) is 5.88. The molecule has 0 saturated carbocycles. The molecule has 1 atom stereocenters. The molecule has 0 amide bonds. The van der Waals surface area contributed by atoms with Crippen LogP contribution in [0.5, 0.6) is 0 Å². The van der Waals surface area contributed by atoms with E-state index in [2.05, 4.69) is 49.4 Å². The lowest BCUT2D eigenvalue weighted by Crippen LogP contribution is -2.52. The van der Waals surface area contributed by atoms with Crippen LogP contribution < -0.4 is 10.6 Å². The van der Waals surface area contributed by atoms with Crippen LogP contribution in [0, 0.1) is 0 Å². The average molecular weight is 277 g/mol. The normalized spacial score (nSPS) is 21.2. The van der Waals surface area contributed by atoms with Crippen LogP contribution in [0.4, 0.5) is 11.6 Å². The number of rotatable bonds is 2. The summed E-state index contributed by atoms with van der Waals surface area (Å²) >= 11 is 0. The van der Waals surface area contributed by atoms with Crippen molar-refractivity contribution in [3.8, 4) is 0 Å². The lowest BCUT2D eigenvalue weighted by molar-refractivity contribution is 0.199. The maximum absolute atomic E-state index is 5.96. The van der Waals surface area contributed by atoms with Gasteiger partial charge in [-0.25, -0.2) is 9.97 Å². The maximum atomic E-state index is 5.96. The minimum Gasteiger partial charge on any atom is -0.384 e. The van der Waals surface area contributed by atoms with Crippen molar-refractivity contribution in [1.82, 2.24) is 14.9 Å². The van der Waals surface area contributed by atoms with Crippen molar-refractivity contribution in [3.05, 3.63) is 11.9 Å². The Hall–Kier alpha value is -1.36. The van der Waals surface area contributed by atoms with E-state index >= 15 is 0 Å². The molecule has 1 saturated heterocycles. The van der Waals surface area contributed by atoms with Gasteiger partial charge in [-0.15, -0.1) is 0 Å². The van der Waals surface area contributed by atoms with Crippen LogP contribution in [0.25, 0.3) is 0 Å². The monoisotopic (exact) mass is 277 g/mol. The average Bonchev–Trinajstić information content (AvgIpc) is 2.37. The summed E-state index contributed by atoms with van der Waals surface area (Å²) in [5.74, 6) is 2.34. The first-order chi connectivity index (χ1) is 9.31. The lowest BCUT2D eigenvalue weighted by Gasteiger charge is -2.40. The largest absolute Gasteiger partial charge is 0.384 e. The van der Waals surface area contributed by atoms with Gasteiger partial charge in [-0.05, 0) is 13.5 Å². The summed E-state index contributed by atoms with van der Waals surface area (Å²) in [4.78, 5) is 13.9. The SMILES string of the molecule is CCN1CCN(c2cc(N)nc(C(C)(C)C)n2)CC1C. The van der Waals surface area contributed by atoms with E-state index in [1.165, 1.54) is 0 Å². The molecule has 1 aliphatic heterocycles. The van der Waals surface area contributed by atoms with Crippen molar-refractivity contribution < 1.29 is 0 Å². The Labute approximate surface area is 122 Å². The summed E-state index contributed by atoms with van der Waals surface area (Å²) in [5, 5.41) is 0. The fourth-order valence-corrected chi connectivity index (χ4v) is 2.62. The highest BCUT2D eigenvalue weighted by Gasteiger charge is 2.25. The molecular weight excluding hydrogens is 250 g/mol. The first kappa shape index (κ1) is 15.0. The Morgan fingerprint density at radius 3 is 2.55 bits per heavy atom. The van der Waals surface area contributed by atoms with Crippen molar-refractivity contribution >= 4 is 11.6 Å². The molecule has 1 aromatic heterocycles. The number of hydrogen-bond acceptors (Lipinski definition) is 5. The minimum absolute atomic E-state index is 0.0824. The minimum atomic E-state index is -0.0824. The highest BCUT2D eigenvalue weighted by molar-refractivity contribution is 5.48. The van der Waals surface area contributed by atoms with Crippen molar-refractivity contribution in [3.63, 3.8) is 0 Å². The van der Waals surface area contributed by atoms with Crippen LogP contribution >= 0.6 is 0 Å². The molecule has 20 heavy (non-hydrogen) atoms. The van der Waals surface area contributed by atoms with Gasteiger partial charge in [0.05, 0.1) is 0 Å². The topological polar surface area (TPSA) is 58.3 Å². The summed E-state index contributed by atoms with van der Waals surface area (Å²) in [6, 6.07) is 2.44. The number of nitrogens with two attached hydrogens (primary N) is 1. The number of nitrogens with zero attached hydrogens (tertiary/aromatic N) is 4. The first-order valence-electron chi connectivity index (χ1n) is 7.45. The second kappa shape index (κ2) is 5.56. The smallest absolute Gasteiger partial charge is 0.138 e. The van der Waals surface area contributed by atoms with E-state index in [1.54, 1.807) is 0 Å². The first-order valence-corrected chi connectivity index (χ1v) is 7.45. The third-order valence-corrected chi connectivity index (χ3v) is 3.90. The van der Waals surface area contributed by atoms with E-state index in [9.17, 15) is 0 Å². The van der Waals surface area contributed by atoms with Crippen LogP contribution in [0.2, 0.25) is 0 Å². The quantitative estimate of drug-likeness (QED) is 0.894. The van der Waals surface area contributed by atoms with Crippen LogP contribution in [-0.2, 0) is 5.41 Å². The molecule has 1 unspecified atom stereocenters. The number of aromatic nitrogens is 2. The maximum Gasteiger partial charge on any atom is 0.138 e. The highest BCUT2D eigenvalue weighted by atomic mass is 15.3. The molecule has 1 aromatic rings. The standard InChI is InChI=1S/C15H27N5/c1-6-19-7-8-20(10-11(19)2)13-9-12(16)17-14(18-13)15(3,4)5/h9,11H,6-8,10H2,1-5H3,(H2,16,17,18). The fraction of sp³-hybridized carbons (Fsp3) is 0.733. The van der Waals surface area contributed by atoms with E-state index in [0.29, 0.717) is 11.9 Å². The Morgan fingerprint density at radius 2 is 2.00 bits per heavy atom. The summed E-state index contributed by atoms with van der Waals surface area (Å²) < 4.78 is 0. The van der Waals surface area contributed by atoms with Crippen molar-refractivity contribution in [1.29, 1.82) is 0 Å². The molecule has 5 nitrogen and oxygen atoms in total. The van der Waals surface area contributed by atoms with Crippen molar-refractivity contribution in [2.75, 3.05) is 36.8 Å². The second-order valence-corrected chi connectivity index (χ2v) is 6.65. The molecule has 112 valence electrons. The molecule has 2 N–H and O–H groups in total. The van der Waals surface area contributed by atoms with Crippen LogP contribution in [0.15, 0.2) is 6.07 Å². The van der Waals surface area contributed by atoms with E-state index < -0.39 is 0 Å². The van der Waals surface area contributed by atoms with Gasteiger partial charge in [0.15, 0.2) is 0 Å². The molecule has 2 heterocycles. The van der Waals surface area contributed by atoms with Gasteiger partial charge in [-0.2, -0.15) is 0 Å². The van der Waals surface area contributed by atoms with Gasteiger partial charge in [0.25, 0.3) is 0 Å². The van der Waals surface area contributed by atoms with E-state index in [0.717, 1.165) is 37.8 Å². The molecule has 0 bridgehead atoms. The Morgan fingerprint density at radius 1 is 1.30 bits per heavy atom. The summed E-state index contributed by atoms with van der Waals surface area (Å²) in [7, 11) is 0. The predicted octanol–water partition coefficient (Wildman–Crippen LogP) is 1.89. The van der Waals surface area contributed by atoms with Gasteiger partial charge in [-0.3, -0.25) is 4.90 Å². The molecule has 5 heteroatoms. The van der Waals surface area contributed by atoms with Gasteiger partial charge in [0.1, 0.15) is 17.5 Å². The molecular formula is C15H27N5. The van der Waals surface area contributed by atoms with Crippen LogP contribution in [-0.4, -0.2) is 47.1 Å². The summed E-state index contributed by atoms with van der Waals surface area (Å²) in [6.07, 6.45) is 0. The number of piperazine rings is 1. The Bertz CT molecular complexity index is 466. The third-order valence-electron chi connectivity index (χ3n) is 3.90. The van der Waals surface area contributed by atoms with Gasteiger partial charge in [-0.1, -0.05) is 27.7 Å². The number of likely N-dealkylation sites (N-methyl/N-ethyl adjacent to an activating group) is 1. The molecule has 0 aromatic carbocycles. The molecule has 2 rings (SSSR count). The molecule has 1 fully saturated rings. The van der Waals surface area contributed by atoms with Crippen LogP contribution in [0.3, 0.4) is 0 Å². The van der Waals surface area contributed by atoms with E-state index in [4.69, 9.17) is 10.7 Å². The van der Waals surface area contributed by atoms with Gasteiger partial charge in [0, 0.05) is 37.2 Å². The van der Waals surface area contributed by atoms with Crippen molar-refractivity contribution in [2.45, 2.75) is 46.1 Å². The Kier molecular flexibility index (Phi) is 4.18. The third kappa shape index (κ3) is 3.20.